The fourth-order valence-corrected chi connectivity index (χ4v) is 3.79. The van der Waals surface area contributed by atoms with Gasteiger partial charge in [-0.15, -0.1) is 0 Å². The number of aryl methyl sites for hydroxylation is 1. The molecular formula is C22H32N6O. The molecule has 1 aromatic carbocycles. The zero-order chi connectivity index (χ0) is 20.6. The van der Waals surface area contributed by atoms with Crippen LogP contribution in [0.5, 0.6) is 0 Å². The van der Waals surface area contributed by atoms with Crippen molar-refractivity contribution in [2.75, 3.05) is 20.1 Å². The molecule has 29 heavy (non-hydrogen) atoms. The Hall–Kier alpha value is -2.80. The lowest BCUT2D eigenvalue weighted by molar-refractivity contribution is -0.123. The second-order valence-electron chi connectivity index (χ2n) is 7.76. The second kappa shape index (κ2) is 10.1. The number of carbonyl (C=O) groups is 1. The highest BCUT2D eigenvalue weighted by Gasteiger charge is 2.23. The zero-order valence-corrected chi connectivity index (χ0v) is 17.4. The molecule has 2 aromatic rings. The summed E-state index contributed by atoms with van der Waals surface area (Å²) in [4.78, 5) is 18.1. The Kier molecular flexibility index (Phi) is 7.30. The monoisotopic (exact) mass is 396 g/mol. The summed E-state index contributed by atoms with van der Waals surface area (Å²) in [7, 11) is 3.80. The second-order valence-corrected chi connectivity index (χ2v) is 7.76. The van der Waals surface area contributed by atoms with Crippen LogP contribution in [-0.4, -0.2) is 41.5 Å². The van der Waals surface area contributed by atoms with E-state index in [1.165, 1.54) is 16.7 Å². The summed E-state index contributed by atoms with van der Waals surface area (Å²) in [5.74, 6) is 0.578. The maximum atomic E-state index is 11.5. The van der Waals surface area contributed by atoms with E-state index in [9.17, 15) is 4.79 Å². The highest BCUT2D eigenvalue weighted by atomic mass is 16.1. The molecule has 4 N–H and O–H groups in total. The van der Waals surface area contributed by atoms with E-state index in [0.717, 1.165) is 45.0 Å². The summed E-state index contributed by atoms with van der Waals surface area (Å²) in [5, 5.41) is 6.71. The Bertz CT molecular complexity index is 843. The SMILES string of the molecule is CN=C(NCc1cccc(CN2CCCC(C(N)=O)C2)c1)NCc1ccn(C)c1. The number of likely N-dealkylation sites (tertiary alicyclic amines) is 1. The fourth-order valence-electron chi connectivity index (χ4n) is 3.79. The lowest BCUT2D eigenvalue weighted by atomic mass is 9.97. The van der Waals surface area contributed by atoms with Crippen molar-refractivity contribution in [3.05, 3.63) is 59.4 Å². The molecular weight excluding hydrogens is 364 g/mol. The number of piperidine rings is 1. The van der Waals surface area contributed by atoms with Crippen molar-refractivity contribution in [2.45, 2.75) is 32.5 Å². The highest BCUT2D eigenvalue weighted by molar-refractivity contribution is 5.79. The van der Waals surface area contributed by atoms with E-state index in [0.29, 0.717) is 6.54 Å². The van der Waals surface area contributed by atoms with Gasteiger partial charge in [-0.05, 0) is 42.1 Å². The van der Waals surface area contributed by atoms with Crippen molar-refractivity contribution in [1.82, 2.24) is 20.1 Å². The molecule has 1 aliphatic rings. The van der Waals surface area contributed by atoms with Gasteiger partial charge in [0.15, 0.2) is 5.96 Å². The Morgan fingerprint density at radius 1 is 1.21 bits per heavy atom. The number of aromatic nitrogens is 1. The van der Waals surface area contributed by atoms with E-state index in [4.69, 9.17) is 5.73 Å². The van der Waals surface area contributed by atoms with Gasteiger partial charge in [0.05, 0.1) is 5.92 Å². The minimum atomic E-state index is -0.179. The normalized spacial score (nSPS) is 17.9. The van der Waals surface area contributed by atoms with E-state index >= 15 is 0 Å². The summed E-state index contributed by atoms with van der Waals surface area (Å²) < 4.78 is 2.03. The first-order valence-corrected chi connectivity index (χ1v) is 10.2. The van der Waals surface area contributed by atoms with Crippen molar-refractivity contribution in [2.24, 2.45) is 23.7 Å². The Morgan fingerprint density at radius 3 is 2.66 bits per heavy atom. The van der Waals surface area contributed by atoms with Crippen LogP contribution in [0.2, 0.25) is 0 Å². The smallest absolute Gasteiger partial charge is 0.221 e. The quantitative estimate of drug-likeness (QED) is 0.490. The number of primary amides is 1. The number of rotatable bonds is 7. The third kappa shape index (κ3) is 6.35. The molecule has 3 rings (SSSR count). The molecule has 0 saturated carbocycles. The van der Waals surface area contributed by atoms with E-state index in [2.05, 4.69) is 57.1 Å². The number of nitrogens with zero attached hydrogens (tertiary/aromatic N) is 3. The Balaban J connectivity index is 1.50. The van der Waals surface area contributed by atoms with Gasteiger partial charge in [-0.1, -0.05) is 24.3 Å². The topological polar surface area (TPSA) is 87.7 Å². The van der Waals surface area contributed by atoms with Crippen LogP contribution in [0.25, 0.3) is 0 Å². The molecule has 1 unspecified atom stereocenters. The van der Waals surface area contributed by atoms with Crippen LogP contribution in [0, 0.1) is 5.92 Å². The van der Waals surface area contributed by atoms with Gasteiger partial charge >= 0.3 is 0 Å². The number of carbonyl (C=O) groups excluding carboxylic acids is 1. The van der Waals surface area contributed by atoms with Crippen LogP contribution in [0.4, 0.5) is 0 Å². The number of nitrogens with two attached hydrogens (primary N) is 1. The van der Waals surface area contributed by atoms with Crippen molar-refractivity contribution in [3.63, 3.8) is 0 Å². The molecule has 0 bridgehead atoms. The van der Waals surface area contributed by atoms with Gasteiger partial charge in [-0.3, -0.25) is 14.7 Å². The summed E-state index contributed by atoms with van der Waals surface area (Å²) >= 11 is 0. The summed E-state index contributed by atoms with van der Waals surface area (Å²) in [6.07, 6.45) is 6.06. The predicted octanol–water partition coefficient (Wildman–Crippen LogP) is 1.59. The number of hydrogen-bond acceptors (Lipinski definition) is 3. The average molecular weight is 397 g/mol. The Labute approximate surface area is 173 Å². The average Bonchev–Trinajstić information content (AvgIpc) is 3.14. The van der Waals surface area contributed by atoms with Gasteiger partial charge in [0.1, 0.15) is 0 Å². The number of aliphatic imine (C=N–C) groups is 1. The van der Waals surface area contributed by atoms with Crippen molar-refractivity contribution in [3.8, 4) is 0 Å². The lowest BCUT2D eigenvalue weighted by Gasteiger charge is -2.31. The number of hydrogen-bond donors (Lipinski definition) is 3. The largest absolute Gasteiger partial charge is 0.369 e. The maximum Gasteiger partial charge on any atom is 0.221 e. The highest BCUT2D eigenvalue weighted by Crippen LogP contribution is 2.18. The molecule has 1 aromatic heterocycles. The maximum absolute atomic E-state index is 11.5. The van der Waals surface area contributed by atoms with Crippen molar-refractivity contribution >= 4 is 11.9 Å². The van der Waals surface area contributed by atoms with Crippen molar-refractivity contribution in [1.29, 1.82) is 0 Å². The van der Waals surface area contributed by atoms with Gasteiger partial charge in [0, 0.05) is 52.7 Å². The molecule has 1 amide bonds. The molecule has 1 fully saturated rings. The van der Waals surface area contributed by atoms with Crippen LogP contribution in [0.15, 0.2) is 47.7 Å². The minimum absolute atomic E-state index is 0.0207. The standard InChI is InChI=1S/C22H32N6O/c1-24-22(26-13-19-8-10-27(2)14-19)25-12-17-5-3-6-18(11-17)15-28-9-4-7-20(16-28)21(23)29/h3,5-6,8,10-11,14,20H,4,7,9,12-13,15-16H2,1-2H3,(H2,23,29)(H2,24,25,26). The Morgan fingerprint density at radius 2 is 1.97 bits per heavy atom. The van der Waals surface area contributed by atoms with E-state index in [-0.39, 0.29) is 11.8 Å². The van der Waals surface area contributed by atoms with Gasteiger partial charge in [0.25, 0.3) is 0 Å². The molecule has 0 spiro atoms. The summed E-state index contributed by atoms with van der Waals surface area (Å²) in [6.45, 7) is 4.05. The number of benzene rings is 1. The first kappa shape index (κ1) is 20.9. The van der Waals surface area contributed by atoms with Crippen LogP contribution in [-0.2, 0) is 31.5 Å². The first-order chi connectivity index (χ1) is 14.0. The summed E-state index contributed by atoms with van der Waals surface area (Å²) in [5.41, 5.74) is 9.17. The molecule has 0 aliphatic carbocycles. The molecule has 7 nitrogen and oxygen atoms in total. The van der Waals surface area contributed by atoms with E-state index < -0.39 is 0 Å². The third-order valence-corrected chi connectivity index (χ3v) is 5.34. The van der Waals surface area contributed by atoms with E-state index in [1.807, 2.05) is 17.8 Å². The molecule has 2 heterocycles. The fraction of sp³-hybridized carbons (Fsp3) is 0.455. The van der Waals surface area contributed by atoms with Gasteiger partial charge in [-0.2, -0.15) is 0 Å². The lowest BCUT2D eigenvalue weighted by Crippen LogP contribution is -2.40. The van der Waals surface area contributed by atoms with Crippen LogP contribution >= 0.6 is 0 Å². The number of amides is 1. The number of guanidine groups is 1. The van der Waals surface area contributed by atoms with Gasteiger partial charge in [0.2, 0.25) is 5.91 Å². The van der Waals surface area contributed by atoms with E-state index in [1.54, 1.807) is 7.05 Å². The van der Waals surface area contributed by atoms with Crippen LogP contribution in [0.3, 0.4) is 0 Å². The first-order valence-electron chi connectivity index (χ1n) is 10.2. The molecule has 0 radical (unpaired) electrons. The zero-order valence-electron chi connectivity index (χ0n) is 17.4. The molecule has 1 saturated heterocycles. The minimum Gasteiger partial charge on any atom is -0.369 e. The predicted molar refractivity (Wildman–Crippen MR) is 116 cm³/mol. The number of nitrogens with one attached hydrogen (secondary N) is 2. The van der Waals surface area contributed by atoms with Gasteiger partial charge in [-0.25, -0.2) is 0 Å². The van der Waals surface area contributed by atoms with Crippen molar-refractivity contribution < 1.29 is 4.79 Å². The molecule has 156 valence electrons. The summed E-state index contributed by atoms with van der Waals surface area (Å²) in [6, 6.07) is 10.6. The van der Waals surface area contributed by atoms with Crippen LogP contribution in [0.1, 0.15) is 29.5 Å². The molecule has 1 atom stereocenters. The van der Waals surface area contributed by atoms with Crippen LogP contribution < -0.4 is 16.4 Å². The third-order valence-electron chi connectivity index (χ3n) is 5.34. The van der Waals surface area contributed by atoms with Gasteiger partial charge < -0.3 is 20.9 Å². The molecule has 1 aliphatic heterocycles. The molecule has 7 heteroatoms.